The molecule has 0 fully saturated rings. The van der Waals surface area contributed by atoms with Crippen molar-refractivity contribution in [2.45, 2.75) is 6.92 Å². The van der Waals surface area contributed by atoms with Crippen molar-refractivity contribution < 1.29 is 4.92 Å². The van der Waals surface area contributed by atoms with Crippen LogP contribution in [0.15, 0.2) is 22.3 Å². The van der Waals surface area contributed by atoms with E-state index < -0.39 is 4.92 Å². The summed E-state index contributed by atoms with van der Waals surface area (Å²) in [6.45, 7) is 1.85. The van der Waals surface area contributed by atoms with Gasteiger partial charge in [0.2, 0.25) is 0 Å². The van der Waals surface area contributed by atoms with Gasteiger partial charge in [-0.2, -0.15) is 0 Å². The summed E-state index contributed by atoms with van der Waals surface area (Å²) in [5.74, 6) is 0.373. The summed E-state index contributed by atoms with van der Waals surface area (Å²) in [7, 11) is 0. The van der Waals surface area contributed by atoms with Gasteiger partial charge in [0.15, 0.2) is 5.82 Å². The Labute approximate surface area is 114 Å². The minimum absolute atomic E-state index is 0.0279. The Morgan fingerprint density at radius 3 is 2.89 bits per heavy atom. The van der Waals surface area contributed by atoms with Gasteiger partial charge in [0.05, 0.1) is 15.2 Å². The lowest BCUT2D eigenvalue weighted by Gasteiger charge is -1.96. The summed E-state index contributed by atoms with van der Waals surface area (Å²) in [4.78, 5) is 30.4. The number of nitrogens with one attached hydrogen (secondary N) is 1. The van der Waals surface area contributed by atoms with Gasteiger partial charge in [0.1, 0.15) is 4.83 Å². The number of aryl methyl sites for hydroxylation is 1. The van der Waals surface area contributed by atoms with Crippen LogP contribution in [0.2, 0.25) is 0 Å². The molecule has 3 rings (SSSR count). The molecule has 8 heteroatoms. The van der Waals surface area contributed by atoms with Crippen molar-refractivity contribution in [3.8, 4) is 10.7 Å². The predicted molar refractivity (Wildman–Crippen MR) is 74.9 cm³/mol. The van der Waals surface area contributed by atoms with Crippen molar-refractivity contribution in [3.05, 3.63) is 43.5 Å². The lowest BCUT2D eigenvalue weighted by Crippen LogP contribution is -2.08. The molecule has 0 aliphatic rings. The van der Waals surface area contributed by atoms with Crippen LogP contribution in [-0.4, -0.2) is 14.9 Å². The topological polar surface area (TPSA) is 88.9 Å². The highest BCUT2D eigenvalue weighted by Gasteiger charge is 2.15. The Morgan fingerprint density at radius 2 is 2.21 bits per heavy atom. The molecule has 0 bridgehead atoms. The van der Waals surface area contributed by atoms with Gasteiger partial charge in [-0.25, -0.2) is 4.98 Å². The largest absolute Gasteiger partial charge is 0.324 e. The molecular formula is C11H7N3O3S2. The molecule has 0 aliphatic carbocycles. The molecule has 0 atom stereocenters. The van der Waals surface area contributed by atoms with E-state index in [2.05, 4.69) is 9.97 Å². The first-order valence-electron chi connectivity index (χ1n) is 5.29. The number of rotatable bonds is 2. The highest BCUT2D eigenvalue weighted by Crippen LogP contribution is 2.31. The standard InChI is InChI=1S/C11H7N3O3S2/c1-5-4-18-11-8(5)10(15)12-9(13-11)6-2-3-7(19-6)14(16)17/h2-4H,1H3,(H,12,13,15). The van der Waals surface area contributed by atoms with Crippen LogP contribution in [0.3, 0.4) is 0 Å². The molecular weight excluding hydrogens is 286 g/mol. The van der Waals surface area contributed by atoms with Crippen LogP contribution in [0.5, 0.6) is 0 Å². The molecule has 1 N–H and O–H groups in total. The van der Waals surface area contributed by atoms with E-state index >= 15 is 0 Å². The number of hydrogen-bond acceptors (Lipinski definition) is 6. The van der Waals surface area contributed by atoms with Crippen LogP contribution in [0, 0.1) is 17.0 Å². The lowest BCUT2D eigenvalue weighted by atomic mass is 10.3. The van der Waals surface area contributed by atoms with Gasteiger partial charge < -0.3 is 4.98 Å². The Morgan fingerprint density at radius 1 is 1.42 bits per heavy atom. The predicted octanol–water partition coefficient (Wildman–Crippen LogP) is 2.93. The highest BCUT2D eigenvalue weighted by molar-refractivity contribution is 7.18. The van der Waals surface area contributed by atoms with E-state index in [1.54, 1.807) is 6.07 Å². The lowest BCUT2D eigenvalue weighted by molar-refractivity contribution is -0.380. The Kier molecular flexibility index (Phi) is 2.68. The third-order valence-corrected chi connectivity index (χ3v) is 4.67. The highest BCUT2D eigenvalue weighted by atomic mass is 32.1. The van der Waals surface area contributed by atoms with Crippen molar-refractivity contribution in [2.75, 3.05) is 0 Å². The normalized spacial score (nSPS) is 11.0. The monoisotopic (exact) mass is 293 g/mol. The summed E-state index contributed by atoms with van der Waals surface area (Å²) in [6, 6.07) is 3.00. The van der Waals surface area contributed by atoms with E-state index in [1.165, 1.54) is 17.4 Å². The fraction of sp³-hybridized carbons (Fsp3) is 0.0909. The molecule has 0 radical (unpaired) electrons. The number of H-pyrrole nitrogens is 1. The van der Waals surface area contributed by atoms with Crippen molar-refractivity contribution in [1.29, 1.82) is 0 Å². The third kappa shape index (κ3) is 1.94. The molecule has 3 heterocycles. The van der Waals surface area contributed by atoms with E-state index in [4.69, 9.17) is 0 Å². The zero-order valence-corrected chi connectivity index (χ0v) is 11.3. The van der Waals surface area contributed by atoms with Crippen molar-refractivity contribution in [3.63, 3.8) is 0 Å². The average Bonchev–Trinajstić information content (AvgIpc) is 2.96. The Hall–Kier alpha value is -2.06. The quantitative estimate of drug-likeness (QED) is 0.581. The van der Waals surface area contributed by atoms with E-state index in [1.807, 2.05) is 12.3 Å². The second-order valence-electron chi connectivity index (χ2n) is 3.91. The smallest absolute Gasteiger partial charge is 0.305 e. The first-order chi connectivity index (χ1) is 9.06. The van der Waals surface area contributed by atoms with Crippen molar-refractivity contribution in [1.82, 2.24) is 9.97 Å². The van der Waals surface area contributed by atoms with Gasteiger partial charge in [-0.05, 0) is 23.9 Å². The Bertz CT molecular complexity index is 846. The third-order valence-electron chi connectivity index (χ3n) is 2.63. The SMILES string of the molecule is Cc1csc2nc(-c3ccc([N+](=O)[O-])s3)[nH]c(=O)c12. The van der Waals surface area contributed by atoms with E-state index in [-0.39, 0.29) is 10.6 Å². The fourth-order valence-corrected chi connectivity index (χ4v) is 3.45. The van der Waals surface area contributed by atoms with Gasteiger partial charge in [0.25, 0.3) is 5.56 Å². The molecule has 0 aromatic carbocycles. The second-order valence-corrected chi connectivity index (χ2v) is 5.83. The number of fused-ring (bicyclic) bond motifs is 1. The minimum Gasteiger partial charge on any atom is -0.305 e. The van der Waals surface area contributed by atoms with Crippen LogP contribution in [0.1, 0.15) is 5.56 Å². The summed E-state index contributed by atoms with van der Waals surface area (Å²) < 4.78 is 0. The molecule has 6 nitrogen and oxygen atoms in total. The molecule has 0 spiro atoms. The maximum absolute atomic E-state index is 12.0. The minimum atomic E-state index is -0.458. The fourth-order valence-electron chi connectivity index (χ4n) is 1.76. The Balaban J connectivity index is 2.19. The summed E-state index contributed by atoms with van der Waals surface area (Å²) in [5, 5.41) is 13.1. The number of nitro groups is 1. The molecule has 0 saturated heterocycles. The molecule has 0 unspecified atom stereocenters. The van der Waals surface area contributed by atoms with E-state index in [0.29, 0.717) is 20.9 Å². The van der Waals surface area contributed by atoms with Gasteiger partial charge in [-0.1, -0.05) is 11.3 Å². The molecule has 3 aromatic rings. The number of nitrogens with zero attached hydrogens (tertiary/aromatic N) is 2. The summed E-state index contributed by atoms with van der Waals surface area (Å²) in [6.07, 6.45) is 0. The van der Waals surface area contributed by atoms with Crippen LogP contribution in [0.4, 0.5) is 5.00 Å². The number of aromatic nitrogens is 2. The molecule has 0 amide bonds. The zero-order chi connectivity index (χ0) is 13.6. The molecule has 0 saturated carbocycles. The summed E-state index contributed by atoms with van der Waals surface area (Å²) in [5.41, 5.74) is 0.673. The van der Waals surface area contributed by atoms with Gasteiger partial charge in [-0.3, -0.25) is 14.9 Å². The average molecular weight is 293 g/mol. The van der Waals surface area contributed by atoms with Crippen molar-refractivity contribution >= 4 is 37.9 Å². The maximum atomic E-state index is 12.0. The number of hydrogen-bond donors (Lipinski definition) is 1. The van der Waals surface area contributed by atoms with Crippen LogP contribution in [0.25, 0.3) is 20.9 Å². The molecule has 19 heavy (non-hydrogen) atoms. The van der Waals surface area contributed by atoms with E-state index in [9.17, 15) is 14.9 Å². The van der Waals surface area contributed by atoms with Crippen LogP contribution < -0.4 is 5.56 Å². The van der Waals surface area contributed by atoms with Crippen molar-refractivity contribution in [2.24, 2.45) is 0 Å². The first-order valence-corrected chi connectivity index (χ1v) is 6.98. The second kappa shape index (κ2) is 4.25. The maximum Gasteiger partial charge on any atom is 0.324 e. The first kappa shape index (κ1) is 12.0. The number of aromatic amines is 1. The van der Waals surface area contributed by atoms with E-state index in [0.717, 1.165) is 16.9 Å². The van der Waals surface area contributed by atoms with Gasteiger partial charge in [-0.15, -0.1) is 11.3 Å². The molecule has 0 aliphatic heterocycles. The number of thiophene rings is 2. The van der Waals surface area contributed by atoms with Crippen LogP contribution >= 0.6 is 22.7 Å². The summed E-state index contributed by atoms with van der Waals surface area (Å²) >= 11 is 2.38. The van der Waals surface area contributed by atoms with Gasteiger partial charge >= 0.3 is 5.00 Å². The molecule has 96 valence electrons. The zero-order valence-electron chi connectivity index (χ0n) is 9.67. The van der Waals surface area contributed by atoms with Crippen LogP contribution in [-0.2, 0) is 0 Å². The molecule has 3 aromatic heterocycles. The van der Waals surface area contributed by atoms with Gasteiger partial charge in [0, 0.05) is 6.07 Å².